The van der Waals surface area contributed by atoms with Crippen LogP contribution in [0.1, 0.15) is 38.5 Å². The van der Waals surface area contributed by atoms with Gasteiger partial charge in [-0.3, -0.25) is 9.59 Å². The summed E-state index contributed by atoms with van der Waals surface area (Å²) in [6.45, 7) is 0.0893. The first-order chi connectivity index (χ1) is 11.6. The zero-order chi connectivity index (χ0) is 16.7. The van der Waals surface area contributed by atoms with E-state index in [9.17, 15) is 9.59 Å². The molecular formula is C20H26N2O2. The molecule has 0 atom stereocenters. The first kappa shape index (κ1) is 15.7. The second kappa shape index (κ2) is 5.91. The maximum absolute atomic E-state index is 12.9. The number of likely N-dealkylation sites (N-methyl/N-ethyl adjacent to an activating group) is 1. The molecule has 1 aromatic rings. The van der Waals surface area contributed by atoms with Crippen LogP contribution in [0.4, 0.5) is 5.69 Å². The molecule has 2 amide bonds. The Bertz CT molecular complexity index is 605. The fraction of sp³-hybridized carbons (Fsp3) is 0.600. The molecular weight excluding hydrogens is 300 g/mol. The summed E-state index contributed by atoms with van der Waals surface area (Å²) in [5.41, 5.74) is 0.673. The van der Waals surface area contributed by atoms with Gasteiger partial charge in [0.05, 0.1) is 6.54 Å². The molecule has 1 aromatic carbocycles. The van der Waals surface area contributed by atoms with Crippen molar-refractivity contribution < 1.29 is 9.59 Å². The molecule has 4 aliphatic carbocycles. The molecule has 1 N–H and O–H groups in total. The number of amides is 2. The Hall–Kier alpha value is -1.84. The smallest absolute Gasteiger partial charge is 0.246 e. The van der Waals surface area contributed by atoms with E-state index in [1.807, 2.05) is 30.3 Å². The zero-order valence-corrected chi connectivity index (χ0v) is 14.3. The molecule has 0 aromatic heterocycles. The van der Waals surface area contributed by atoms with Gasteiger partial charge < -0.3 is 10.2 Å². The largest absolute Gasteiger partial charge is 0.347 e. The van der Waals surface area contributed by atoms with Gasteiger partial charge in [0.15, 0.2) is 0 Å². The fourth-order valence-electron chi connectivity index (χ4n) is 5.65. The van der Waals surface area contributed by atoms with Crippen molar-refractivity contribution in [2.45, 2.75) is 38.5 Å². The Morgan fingerprint density at radius 3 is 2.12 bits per heavy atom. The van der Waals surface area contributed by atoms with Crippen LogP contribution in [0.2, 0.25) is 0 Å². The minimum Gasteiger partial charge on any atom is -0.347 e. The Labute approximate surface area is 143 Å². The number of rotatable bonds is 4. The van der Waals surface area contributed by atoms with Crippen LogP contribution < -0.4 is 10.2 Å². The predicted octanol–water partition coefficient (Wildman–Crippen LogP) is 2.98. The first-order valence-electron chi connectivity index (χ1n) is 9.16. The van der Waals surface area contributed by atoms with Gasteiger partial charge in [-0.1, -0.05) is 18.2 Å². The molecule has 4 fully saturated rings. The van der Waals surface area contributed by atoms with Gasteiger partial charge in [0.1, 0.15) is 0 Å². The molecule has 4 bridgehead atoms. The number of anilines is 1. The summed E-state index contributed by atoms with van der Waals surface area (Å²) in [6.07, 6.45) is 7.07. The van der Waals surface area contributed by atoms with Crippen LogP contribution in [0.15, 0.2) is 30.3 Å². The van der Waals surface area contributed by atoms with Gasteiger partial charge in [0.25, 0.3) is 0 Å². The number of nitrogens with one attached hydrogen (secondary N) is 1. The van der Waals surface area contributed by atoms with Crippen molar-refractivity contribution in [1.82, 2.24) is 5.32 Å². The van der Waals surface area contributed by atoms with E-state index in [4.69, 9.17) is 0 Å². The molecule has 0 aliphatic heterocycles. The Kier molecular flexibility index (Phi) is 3.86. The third kappa shape index (κ3) is 2.72. The Morgan fingerprint density at radius 2 is 1.58 bits per heavy atom. The van der Waals surface area contributed by atoms with E-state index in [1.54, 1.807) is 11.9 Å². The molecule has 0 heterocycles. The highest BCUT2D eigenvalue weighted by Gasteiger charge is 2.54. The van der Waals surface area contributed by atoms with Crippen LogP contribution in [-0.4, -0.2) is 25.4 Å². The number of hydrogen-bond donors (Lipinski definition) is 1. The van der Waals surface area contributed by atoms with Gasteiger partial charge in [0, 0.05) is 18.2 Å². The third-order valence-electron chi connectivity index (χ3n) is 6.44. The summed E-state index contributed by atoms with van der Waals surface area (Å²) in [7, 11) is 1.76. The summed E-state index contributed by atoms with van der Waals surface area (Å²) in [5, 5.41) is 2.96. The van der Waals surface area contributed by atoms with Gasteiger partial charge in [-0.25, -0.2) is 0 Å². The van der Waals surface area contributed by atoms with Crippen LogP contribution in [0.3, 0.4) is 0 Å². The molecule has 4 nitrogen and oxygen atoms in total. The van der Waals surface area contributed by atoms with Crippen LogP contribution >= 0.6 is 0 Å². The molecule has 128 valence electrons. The van der Waals surface area contributed by atoms with Gasteiger partial charge in [-0.15, -0.1) is 0 Å². The van der Waals surface area contributed by atoms with Crippen LogP contribution in [-0.2, 0) is 9.59 Å². The summed E-state index contributed by atoms with van der Waals surface area (Å²) in [5.74, 6) is 2.27. The molecule has 0 radical (unpaired) electrons. The lowest BCUT2D eigenvalue weighted by Gasteiger charge is -2.55. The van der Waals surface area contributed by atoms with Crippen molar-refractivity contribution in [2.75, 3.05) is 18.5 Å². The molecule has 0 unspecified atom stereocenters. The average Bonchev–Trinajstić information content (AvgIpc) is 2.58. The third-order valence-corrected chi connectivity index (χ3v) is 6.44. The summed E-state index contributed by atoms with van der Waals surface area (Å²) < 4.78 is 0. The maximum Gasteiger partial charge on any atom is 0.246 e. The molecule has 4 saturated carbocycles. The van der Waals surface area contributed by atoms with Crippen molar-refractivity contribution in [3.63, 3.8) is 0 Å². The minimum absolute atomic E-state index is 0.0701. The van der Waals surface area contributed by atoms with Gasteiger partial charge >= 0.3 is 0 Å². The second-order valence-electron chi connectivity index (χ2n) is 8.17. The quantitative estimate of drug-likeness (QED) is 0.925. The summed E-state index contributed by atoms with van der Waals surface area (Å²) in [6, 6.07) is 9.55. The predicted molar refractivity (Wildman–Crippen MR) is 93.5 cm³/mol. The van der Waals surface area contributed by atoms with Crippen molar-refractivity contribution in [3.8, 4) is 0 Å². The lowest BCUT2D eigenvalue weighted by atomic mass is 9.49. The van der Waals surface area contributed by atoms with E-state index in [0.717, 1.165) is 42.7 Å². The maximum atomic E-state index is 12.9. The summed E-state index contributed by atoms with van der Waals surface area (Å²) in [4.78, 5) is 26.9. The fourth-order valence-corrected chi connectivity index (χ4v) is 5.65. The number of para-hydroxylation sites is 1. The van der Waals surface area contributed by atoms with Crippen molar-refractivity contribution >= 4 is 17.5 Å². The lowest BCUT2D eigenvalue weighted by Crippen LogP contribution is -2.54. The van der Waals surface area contributed by atoms with E-state index in [0.29, 0.717) is 0 Å². The van der Waals surface area contributed by atoms with Gasteiger partial charge in [0.2, 0.25) is 11.8 Å². The Morgan fingerprint density at radius 1 is 1.04 bits per heavy atom. The van der Waals surface area contributed by atoms with Crippen LogP contribution in [0.25, 0.3) is 0 Å². The second-order valence-corrected chi connectivity index (χ2v) is 8.17. The van der Waals surface area contributed by atoms with Crippen molar-refractivity contribution in [1.29, 1.82) is 0 Å². The summed E-state index contributed by atoms with van der Waals surface area (Å²) >= 11 is 0. The van der Waals surface area contributed by atoms with Crippen LogP contribution in [0.5, 0.6) is 0 Å². The van der Waals surface area contributed by atoms with E-state index in [1.165, 1.54) is 19.3 Å². The number of benzene rings is 1. The molecule has 0 saturated heterocycles. The topological polar surface area (TPSA) is 49.4 Å². The average molecular weight is 326 g/mol. The van der Waals surface area contributed by atoms with Gasteiger partial charge in [-0.2, -0.15) is 0 Å². The molecule has 4 heteroatoms. The van der Waals surface area contributed by atoms with Crippen molar-refractivity contribution in [3.05, 3.63) is 30.3 Å². The van der Waals surface area contributed by atoms with E-state index in [2.05, 4.69) is 5.32 Å². The van der Waals surface area contributed by atoms with Crippen molar-refractivity contribution in [2.24, 2.45) is 23.2 Å². The molecule has 5 rings (SSSR count). The number of carbonyl (C=O) groups is 2. The SMILES string of the molecule is CN(C(=O)CNC(=O)C12CC3CC(CC(C3)C1)C2)c1ccccc1. The highest BCUT2D eigenvalue weighted by Crippen LogP contribution is 2.60. The lowest BCUT2D eigenvalue weighted by molar-refractivity contribution is -0.147. The van der Waals surface area contributed by atoms with Gasteiger partial charge in [-0.05, 0) is 68.4 Å². The highest BCUT2D eigenvalue weighted by molar-refractivity contribution is 5.97. The van der Waals surface area contributed by atoms with E-state index >= 15 is 0 Å². The zero-order valence-electron chi connectivity index (χ0n) is 14.3. The molecule has 4 aliphatic rings. The van der Waals surface area contributed by atoms with E-state index < -0.39 is 0 Å². The normalized spacial score (nSPS) is 33.3. The minimum atomic E-state index is -0.180. The molecule has 0 spiro atoms. The Balaban J connectivity index is 1.38. The van der Waals surface area contributed by atoms with E-state index in [-0.39, 0.29) is 23.8 Å². The highest BCUT2D eigenvalue weighted by atomic mass is 16.2. The monoisotopic (exact) mass is 326 g/mol. The molecule has 24 heavy (non-hydrogen) atoms. The van der Waals surface area contributed by atoms with Crippen LogP contribution in [0, 0.1) is 23.2 Å². The number of carbonyl (C=O) groups excluding carboxylic acids is 2. The number of nitrogens with zero attached hydrogens (tertiary/aromatic N) is 1. The standard InChI is InChI=1S/C20H26N2O2/c1-22(17-5-3-2-4-6-17)18(23)13-21-19(24)20-10-14-7-15(11-20)9-16(8-14)12-20/h2-6,14-16H,7-13H2,1H3,(H,21,24). The number of hydrogen-bond acceptors (Lipinski definition) is 2. The first-order valence-corrected chi connectivity index (χ1v) is 9.16.